The minimum atomic E-state index is 0.736. The van der Waals surface area contributed by atoms with Crippen LogP contribution in [0.15, 0.2) is 36.7 Å². The van der Waals surface area contributed by atoms with E-state index < -0.39 is 0 Å². The van der Waals surface area contributed by atoms with E-state index in [-0.39, 0.29) is 0 Å². The number of anilines is 1. The second-order valence-corrected chi connectivity index (χ2v) is 7.77. The summed E-state index contributed by atoms with van der Waals surface area (Å²) < 4.78 is 9.85. The Labute approximate surface area is 166 Å². The average Bonchev–Trinajstić information content (AvgIpc) is 2.97. The number of nitrogens with two attached hydrogens (primary N) is 1. The summed E-state index contributed by atoms with van der Waals surface area (Å²) in [4.78, 5) is 6.45. The van der Waals surface area contributed by atoms with Gasteiger partial charge in [0, 0.05) is 18.7 Å². The maximum atomic E-state index is 6.59. The molecule has 3 aromatic rings. The number of ether oxygens (including phenoxy) is 1. The Morgan fingerprint density at radius 3 is 2.68 bits per heavy atom. The number of benzene rings is 1. The van der Waals surface area contributed by atoms with Crippen LogP contribution in [0.4, 0.5) is 5.82 Å². The smallest absolute Gasteiger partial charge is 0.232 e. The van der Waals surface area contributed by atoms with Crippen LogP contribution in [-0.4, -0.2) is 42.4 Å². The second-order valence-electron chi connectivity index (χ2n) is 7.77. The van der Waals surface area contributed by atoms with Crippen LogP contribution >= 0.6 is 0 Å². The van der Waals surface area contributed by atoms with Gasteiger partial charge in [0.1, 0.15) is 18.5 Å². The van der Waals surface area contributed by atoms with Crippen LogP contribution in [0.5, 0.6) is 0 Å². The summed E-state index contributed by atoms with van der Waals surface area (Å²) in [7, 11) is 0. The highest BCUT2D eigenvalue weighted by Gasteiger charge is 2.22. The average molecular weight is 382 g/mol. The van der Waals surface area contributed by atoms with Crippen LogP contribution in [-0.2, 0) is 17.8 Å². The molecular formula is C22H31N5O+2. The van der Waals surface area contributed by atoms with Gasteiger partial charge in [-0.05, 0) is 25.0 Å². The number of aromatic nitrogens is 3. The van der Waals surface area contributed by atoms with E-state index >= 15 is 0 Å². The highest BCUT2D eigenvalue weighted by Crippen LogP contribution is 2.26. The largest absolute Gasteiger partial charge is 0.370 e. The van der Waals surface area contributed by atoms with Gasteiger partial charge in [0.15, 0.2) is 0 Å². The monoisotopic (exact) mass is 381 g/mol. The third-order valence-corrected chi connectivity index (χ3v) is 5.99. The SMILES string of the molecule is Cc1c(C)n(CCC[NH+]2CCOCC2)c2nc[n+](Cc3ccccc3)c(N)c12. The molecule has 3 N–H and O–H groups in total. The lowest BCUT2D eigenvalue weighted by atomic mass is 10.2. The summed E-state index contributed by atoms with van der Waals surface area (Å²) in [5.74, 6) is 0.798. The zero-order valence-corrected chi connectivity index (χ0v) is 16.9. The minimum Gasteiger partial charge on any atom is -0.370 e. The molecule has 0 bridgehead atoms. The van der Waals surface area contributed by atoms with Crippen molar-refractivity contribution in [3.63, 3.8) is 0 Å². The fraction of sp³-hybridized carbons (Fsp3) is 0.455. The molecule has 0 aliphatic carbocycles. The van der Waals surface area contributed by atoms with Gasteiger partial charge in [-0.15, -0.1) is 0 Å². The Balaban J connectivity index is 1.56. The van der Waals surface area contributed by atoms with Gasteiger partial charge < -0.3 is 19.9 Å². The van der Waals surface area contributed by atoms with Crippen LogP contribution in [0.2, 0.25) is 0 Å². The van der Waals surface area contributed by atoms with E-state index in [0.29, 0.717) is 0 Å². The molecule has 0 atom stereocenters. The molecule has 6 nitrogen and oxygen atoms in total. The van der Waals surface area contributed by atoms with Crippen molar-refractivity contribution in [2.75, 3.05) is 38.6 Å². The first kappa shape index (κ1) is 18.9. The molecule has 3 heterocycles. The molecule has 4 rings (SSSR count). The topological polar surface area (TPSA) is 61.4 Å². The Kier molecular flexibility index (Phi) is 5.59. The van der Waals surface area contributed by atoms with Crippen molar-refractivity contribution in [2.24, 2.45) is 0 Å². The standard InChI is InChI=1S/C22H29N5O/c1-17-18(2)27(10-6-9-25-11-13-28-14-12-25)22-20(17)21(23)26(16-24-22)15-19-7-4-3-5-8-19/h3-5,7-8,16,23H,6,9-15H2,1-2H3/p+2. The van der Waals surface area contributed by atoms with Crippen molar-refractivity contribution in [3.05, 3.63) is 53.5 Å². The lowest BCUT2D eigenvalue weighted by Crippen LogP contribution is -3.14. The first-order chi connectivity index (χ1) is 13.6. The van der Waals surface area contributed by atoms with Crippen LogP contribution in [0, 0.1) is 13.8 Å². The van der Waals surface area contributed by atoms with Gasteiger partial charge in [0.2, 0.25) is 17.8 Å². The van der Waals surface area contributed by atoms with Crippen LogP contribution in [0.25, 0.3) is 11.0 Å². The number of fused-ring (bicyclic) bond motifs is 1. The number of nitrogens with zero attached hydrogens (tertiary/aromatic N) is 3. The number of nitrogens with one attached hydrogen (secondary N) is 1. The lowest BCUT2D eigenvalue weighted by molar-refractivity contribution is -0.908. The zero-order valence-electron chi connectivity index (χ0n) is 16.9. The number of quaternary nitrogens is 1. The Bertz CT molecular complexity index is 945. The summed E-state index contributed by atoms with van der Waals surface area (Å²) in [6.45, 7) is 11.3. The van der Waals surface area contributed by atoms with E-state index in [1.165, 1.54) is 23.4 Å². The first-order valence-corrected chi connectivity index (χ1v) is 10.2. The fourth-order valence-electron chi connectivity index (χ4n) is 4.19. The number of nitrogen functional groups attached to an aromatic ring is 1. The summed E-state index contributed by atoms with van der Waals surface area (Å²) in [6, 6.07) is 10.4. The van der Waals surface area contributed by atoms with E-state index in [2.05, 4.69) is 42.7 Å². The minimum absolute atomic E-state index is 0.736. The molecule has 1 fully saturated rings. The van der Waals surface area contributed by atoms with E-state index in [4.69, 9.17) is 15.5 Å². The summed E-state index contributed by atoms with van der Waals surface area (Å²) >= 11 is 0. The molecule has 6 heteroatoms. The van der Waals surface area contributed by atoms with Gasteiger partial charge in [-0.25, -0.2) is 4.57 Å². The molecule has 0 spiro atoms. The molecular weight excluding hydrogens is 350 g/mol. The van der Waals surface area contributed by atoms with Gasteiger partial charge in [-0.1, -0.05) is 35.3 Å². The molecule has 1 aromatic carbocycles. The molecule has 2 aromatic heterocycles. The number of rotatable bonds is 6. The third-order valence-electron chi connectivity index (χ3n) is 5.99. The first-order valence-electron chi connectivity index (χ1n) is 10.2. The zero-order chi connectivity index (χ0) is 19.5. The van der Waals surface area contributed by atoms with Crippen LogP contribution < -0.4 is 15.2 Å². The Morgan fingerprint density at radius 2 is 1.93 bits per heavy atom. The second kappa shape index (κ2) is 8.29. The van der Waals surface area contributed by atoms with Gasteiger partial charge in [0.25, 0.3) is 0 Å². The van der Waals surface area contributed by atoms with Gasteiger partial charge >= 0.3 is 0 Å². The number of morpholine rings is 1. The molecule has 28 heavy (non-hydrogen) atoms. The van der Waals surface area contributed by atoms with Crippen molar-refractivity contribution in [2.45, 2.75) is 33.4 Å². The lowest BCUT2D eigenvalue weighted by Gasteiger charge is -2.23. The summed E-state index contributed by atoms with van der Waals surface area (Å²) in [6.07, 6.45) is 3.02. The highest BCUT2D eigenvalue weighted by atomic mass is 16.5. The van der Waals surface area contributed by atoms with E-state index in [1.54, 1.807) is 4.90 Å². The predicted octanol–water partition coefficient (Wildman–Crippen LogP) is 0.876. The molecule has 0 saturated carbocycles. The van der Waals surface area contributed by atoms with Gasteiger partial charge in [-0.2, -0.15) is 0 Å². The third kappa shape index (κ3) is 3.75. The highest BCUT2D eigenvalue weighted by molar-refractivity contribution is 5.89. The molecule has 1 aliphatic heterocycles. The fourth-order valence-corrected chi connectivity index (χ4v) is 4.19. The predicted molar refractivity (Wildman–Crippen MR) is 110 cm³/mol. The normalized spacial score (nSPS) is 15.4. The van der Waals surface area contributed by atoms with Crippen molar-refractivity contribution in [1.29, 1.82) is 0 Å². The van der Waals surface area contributed by atoms with Crippen molar-refractivity contribution >= 4 is 16.9 Å². The van der Waals surface area contributed by atoms with Crippen molar-refractivity contribution < 1.29 is 14.2 Å². The molecule has 0 unspecified atom stereocenters. The van der Waals surface area contributed by atoms with Crippen molar-refractivity contribution in [1.82, 2.24) is 9.55 Å². The quantitative estimate of drug-likeness (QED) is 0.623. The number of hydrogen-bond donors (Lipinski definition) is 2. The van der Waals surface area contributed by atoms with Crippen LogP contribution in [0.3, 0.4) is 0 Å². The Morgan fingerprint density at radius 1 is 1.18 bits per heavy atom. The Hall–Kier alpha value is -2.44. The molecule has 1 saturated heterocycles. The van der Waals surface area contributed by atoms with Crippen LogP contribution in [0.1, 0.15) is 23.2 Å². The number of hydrogen-bond acceptors (Lipinski definition) is 3. The number of aryl methyl sites for hydroxylation is 2. The molecule has 0 amide bonds. The van der Waals surface area contributed by atoms with Gasteiger partial charge in [-0.3, -0.25) is 0 Å². The maximum absolute atomic E-state index is 6.59. The molecule has 1 aliphatic rings. The maximum Gasteiger partial charge on any atom is 0.232 e. The molecule has 0 radical (unpaired) electrons. The van der Waals surface area contributed by atoms with E-state index in [1.807, 2.05) is 17.0 Å². The van der Waals surface area contributed by atoms with Crippen molar-refractivity contribution in [3.8, 4) is 0 Å². The van der Waals surface area contributed by atoms with Gasteiger partial charge in [0.05, 0.1) is 26.3 Å². The van der Waals surface area contributed by atoms with E-state index in [9.17, 15) is 0 Å². The summed E-state index contributed by atoms with van der Waals surface area (Å²) in [5.41, 5.74) is 11.3. The summed E-state index contributed by atoms with van der Waals surface area (Å²) in [5, 5.41) is 1.09. The van der Waals surface area contributed by atoms with E-state index in [0.717, 1.165) is 62.7 Å². The molecule has 148 valence electrons.